The van der Waals surface area contributed by atoms with Gasteiger partial charge in [-0.25, -0.2) is 10.8 Å². The Morgan fingerprint density at radius 3 is 2.53 bits per heavy atom. The van der Waals surface area contributed by atoms with E-state index < -0.39 is 0 Å². The molecule has 0 aromatic heterocycles. The Labute approximate surface area is 102 Å². The number of hydrogen-bond acceptors (Lipinski definition) is 3. The minimum Gasteiger partial charge on any atom is -0.354 e. The van der Waals surface area contributed by atoms with Gasteiger partial charge in [0.25, 0.3) is 0 Å². The molecule has 0 aromatic carbocycles. The second-order valence-corrected chi connectivity index (χ2v) is 4.86. The van der Waals surface area contributed by atoms with Gasteiger partial charge < -0.3 is 10.6 Å². The molecule has 1 atom stereocenters. The van der Waals surface area contributed by atoms with Crippen molar-refractivity contribution in [2.45, 2.75) is 45.7 Å². The van der Waals surface area contributed by atoms with E-state index in [0.717, 1.165) is 12.8 Å². The van der Waals surface area contributed by atoms with Crippen LogP contribution in [-0.2, 0) is 4.79 Å². The summed E-state index contributed by atoms with van der Waals surface area (Å²) in [6.07, 6.45) is 2.20. The molecule has 0 bridgehead atoms. The number of hydrogen-bond donors (Lipinski definition) is 4. The average molecular weight is 241 g/mol. The molecular formula is C11H23N5O. The van der Waals surface area contributed by atoms with Gasteiger partial charge in [-0.05, 0) is 25.7 Å². The third kappa shape index (κ3) is 5.53. The van der Waals surface area contributed by atoms with Gasteiger partial charge in [0, 0.05) is 6.54 Å². The van der Waals surface area contributed by atoms with Crippen LogP contribution in [0.25, 0.3) is 0 Å². The van der Waals surface area contributed by atoms with Crippen LogP contribution in [0.4, 0.5) is 0 Å². The summed E-state index contributed by atoms with van der Waals surface area (Å²) in [4.78, 5) is 16.0. The zero-order valence-corrected chi connectivity index (χ0v) is 10.8. The molecule has 1 amide bonds. The topological polar surface area (TPSA) is 91.5 Å². The highest BCUT2D eigenvalue weighted by molar-refractivity contribution is 5.88. The lowest BCUT2D eigenvalue weighted by molar-refractivity contribution is -0.122. The molecule has 5 N–H and O–H groups in total. The zero-order valence-electron chi connectivity index (χ0n) is 10.8. The first-order valence-electron chi connectivity index (χ1n) is 6.11. The van der Waals surface area contributed by atoms with Crippen molar-refractivity contribution in [3.05, 3.63) is 0 Å². The summed E-state index contributed by atoms with van der Waals surface area (Å²) in [5, 5.41) is 5.82. The number of aliphatic imine (C=N–C) groups is 1. The van der Waals surface area contributed by atoms with Gasteiger partial charge in [-0.2, -0.15) is 0 Å². The summed E-state index contributed by atoms with van der Waals surface area (Å²) in [6, 6.07) is 0.0155. The summed E-state index contributed by atoms with van der Waals surface area (Å²) >= 11 is 0. The molecule has 1 aliphatic rings. The maximum absolute atomic E-state index is 11.7. The Morgan fingerprint density at radius 2 is 2.06 bits per heavy atom. The minimum atomic E-state index is -0.345. The summed E-state index contributed by atoms with van der Waals surface area (Å²) in [7, 11) is 0. The van der Waals surface area contributed by atoms with Gasteiger partial charge in [0.15, 0.2) is 0 Å². The molecule has 1 rings (SSSR count). The van der Waals surface area contributed by atoms with Gasteiger partial charge in [-0.1, -0.05) is 13.8 Å². The van der Waals surface area contributed by atoms with E-state index in [1.807, 2.05) is 0 Å². The molecule has 6 nitrogen and oxygen atoms in total. The molecule has 1 unspecified atom stereocenters. The summed E-state index contributed by atoms with van der Waals surface area (Å²) in [5.41, 5.74) is 2.48. The Kier molecular flexibility index (Phi) is 5.21. The van der Waals surface area contributed by atoms with Crippen LogP contribution in [0.2, 0.25) is 0 Å². The Morgan fingerprint density at radius 1 is 1.41 bits per heavy atom. The molecule has 0 radical (unpaired) electrons. The van der Waals surface area contributed by atoms with Crippen LogP contribution in [0, 0.1) is 5.92 Å². The molecule has 0 spiro atoms. The lowest BCUT2D eigenvalue weighted by atomic mass is 10.2. The smallest absolute Gasteiger partial charge is 0.242 e. The zero-order chi connectivity index (χ0) is 12.8. The molecule has 98 valence electrons. The standard InChI is InChI=1S/C11H23N5O/c1-7(2)6-13-10(17)8(3)14-11(16-12)15-9-4-5-9/h7-9H,4-6,12H2,1-3H3,(H,13,17)(H2,14,15,16). The number of guanidine groups is 1. The predicted octanol–water partition coefficient (Wildman–Crippen LogP) is -0.282. The summed E-state index contributed by atoms with van der Waals surface area (Å²) < 4.78 is 0. The van der Waals surface area contributed by atoms with E-state index in [2.05, 4.69) is 34.9 Å². The molecule has 0 aliphatic heterocycles. The van der Waals surface area contributed by atoms with E-state index in [0.29, 0.717) is 24.5 Å². The largest absolute Gasteiger partial charge is 0.354 e. The number of rotatable bonds is 5. The molecule has 1 saturated carbocycles. The van der Waals surface area contributed by atoms with Crippen molar-refractivity contribution in [3.63, 3.8) is 0 Å². The van der Waals surface area contributed by atoms with Crippen LogP contribution in [0.1, 0.15) is 33.6 Å². The van der Waals surface area contributed by atoms with Gasteiger partial charge in [0.1, 0.15) is 6.04 Å². The van der Waals surface area contributed by atoms with Crippen LogP contribution in [0.5, 0.6) is 0 Å². The number of hydrazine groups is 1. The first-order chi connectivity index (χ1) is 8.02. The predicted molar refractivity (Wildman–Crippen MR) is 68.2 cm³/mol. The molecule has 0 saturated heterocycles. The van der Waals surface area contributed by atoms with Crippen molar-refractivity contribution >= 4 is 11.9 Å². The third-order valence-corrected chi connectivity index (χ3v) is 2.43. The summed E-state index contributed by atoms with van der Waals surface area (Å²) in [5.74, 6) is 6.23. The molecule has 17 heavy (non-hydrogen) atoms. The Hall–Kier alpha value is -1.30. The van der Waals surface area contributed by atoms with Crippen molar-refractivity contribution in [3.8, 4) is 0 Å². The maximum atomic E-state index is 11.7. The monoisotopic (exact) mass is 241 g/mol. The van der Waals surface area contributed by atoms with E-state index in [1.54, 1.807) is 6.92 Å². The highest BCUT2D eigenvalue weighted by Gasteiger charge is 2.22. The fraction of sp³-hybridized carbons (Fsp3) is 0.818. The van der Waals surface area contributed by atoms with E-state index in [9.17, 15) is 4.79 Å². The lowest BCUT2D eigenvalue weighted by Crippen LogP contribution is -2.51. The van der Waals surface area contributed by atoms with Gasteiger partial charge in [-0.3, -0.25) is 10.2 Å². The molecular weight excluding hydrogens is 218 g/mol. The maximum Gasteiger partial charge on any atom is 0.242 e. The Balaban J connectivity index is 2.35. The van der Waals surface area contributed by atoms with E-state index >= 15 is 0 Å². The van der Waals surface area contributed by atoms with E-state index in [1.165, 1.54) is 0 Å². The van der Waals surface area contributed by atoms with Gasteiger partial charge in [-0.15, -0.1) is 0 Å². The van der Waals surface area contributed by atoms with Crippen LogP contribution < -0.4 is 21.9 Å². The van der Waals surface area contributed by atoms with Crippen LogP contribution >= 0.6 is 0 Å². The Bertz CT molecular complexity index is 286. The molecule has 6 heteroatoms. The van der Waals surface area contributed by atoms with Gasteiger partial charge in [0.05, 0.1) is 6.04 Å². The van der Waals surface area contributed by atoms with Crippen molar-refractivity contribution in [2.75, 3.05) is 6.54 Å². The third-order valence-electron chi connectivity index (χ3n) is 2.43. The number of nitrogens with zero attached hydrogens (tertiary/aromatic N) is 1. The fourth-order valence-corrected chi connectivity index (χ4v) is 1.23. The molecule has 1 fully saturated rings. The van der Waals surface area contributed by atoms with E-state index in [-0.39, 0.29) is 11.9 Å². The number of amides is 1. The average Bonchev–Trinajstić information content (AvgIpc) is 3.08. The van der Waals surface area contributed by atoms with Crippen molar-refractivity contribution in [1.29, 1.82) is 0 Å². The molecule has 1 aliphatic carbocycles. The minimum absolute atomic E-state index is 0.0440. The number of carbonyl (C=O) groups is 1. The molecule has 0 heterocycles. The normalized spacial score (nSPS) is 17.8. The first-order valence-corrected chi connectivity index (χ1v) is 6.11. The van der Waals surface area contributed by atoms with Gasteiger partial charge >= 0.3 is 0 Å². The van der Waals surface area contributed by atoms with Crippen molar-refractivity contribution in [1.82, 2.24) is 16.1 Å². The highest BCUT2D eigenvalue weighted by atomic mass is 16.2. The first kappa shape index (κ1) is 13.8. The van der Waals surface area contributed by atoms with Crippen LogP contribution in [-0.4, -0.2) is 30.5 Å². The summed E-state index contributed by atoms with van der Waals surface area (Å²) in [6.45, 7) is 6.57. The van der Waals surface area contributed by atoms with Crippen molar-refractivity contribution < 1.29 is 4.79 Å². The van der Waals surface area contributed by atoms with Gasteiger partial charge in [0.2, 0.25) is 11.9 Å². The van der Waals surface area contributed by atoms with Crippen LogP contribution in [0.3, 0.4) is 0 Å². The number of carbonyl (C=O) groups excluding carboxylic acids is 1. The second-order valence-electron chi connectivity index (χ2n) is 4.86. The number of nitrogens with one attached hydrogen (secondary N) is 3. The van der Waals surface area contributed by atoms with E-state index in [4.69, 9.17) is 5.84 Å². The second kappa shape index (κ2) is 6.44. The van der Waals surface area contributed by atoms with Crippen molar-refractivity contribution in [2.24, 2.45) is 16.8 Å². The lowest BCUT2D eigenvalue weighted by Gasteiger charge is -2.17. The fourth-order valence-electron chi connectivity index (χ4n) is 1.23. The SMILES string of the molecule is CC(C)CNC(=O)C(C)NC(=NC1CC1)NN. The van der Waals surface area contributed by atoms with Crippen LogP contribution in [0.15, 0.2) is 4.99 Å². The highest BCUT2D eigenvalue weighted by Crippen LogP contribution is 2.23. The molecule has 0 aromatic rings. The number of nitrogens with two attached hydrogens (primary N) is 1. The quantitative estimate of drug-likeness (QED) is 0.230.